The average molecular weight is 271 g/mol. The molecule has 1 aliphatic rings. The standard InChI is InChI=1S/C13H23ClN4/c1-4-18-12(13(14)10(3)16-18)8-17-6-5-11(15)9(2)7-17/h9,11H,4-8,15H2,1-3H3. The van der Waals surface area contributed by atoms with Crippen molar-refractivity contribution in [2.45, 2.75) is 46.3 Å². The van der Waals surface area contributed by atoms with Crippen molar-refractivity contribution in [2.75, 3.05) is 13.1 Å². The molecule has 1 aliphatic heterocycles. The third-order valence-corrected chi connectivity index (χ3v) is 4.37. The van der Waals surface area contributed by atoms with Crippen LogP contribution in [0.15, 0.2) is 0 Å². The van der Waals surface area contributed by atoms with Crippen LogP contribution in [0.1, 0.15) is 31.7 Å². The molecule has 1 saturated heterocycles. The van der Waals surface area contributed by atoms with E-state index in [1.54, 1.807) is 0 Å². The average Bonchev–Trinajstić information content (AvgIpc) is 2.61. The Hall–Kier alpha value is -0.580. The maximum atomic E-state index is 6.34. The Morgan fingerprint density at radius 3 is 2.83 bits per heavy atom. The highest BCUT2D eigenvalue weighted by Gasteiger charge is 2.25. The number of piperidine rings is 1. The van der Waals surface area contributed by atoms with Gasteiger partial charge in [0.15, 0.2) is 0 Å². The van der Waals surface area contributed by atoms with Crippen LogP contribution in [0, 0.1) is 12.8 Å². The molecule has 4 nitrogen and oxygen atoms in total. The van der Waals surface area contributed by atoms with E-state index in [9.17, 15) is 0 Å². The summed E-state index contributed by atoms with van der Waals surface area (Å²) in [5.41, 5.74) is 8.12. The van der Waals surface area contributed by atoms with Crippen molar-refractivity contribution in [3.63, 3.8) is 0 Å². The lowest BCUT2D eigenvalue weighted by Gasteiger charge is -2.35. The van der Waals surface area contributed by atoms with Gasteiger partial charge in [-0.05, 0) is 26.2 Å². The van der Waals surface area contributed by atoms with Crippen molar-refractivity contribution in [1.29, 1.82) is 0 Å². The fourth-order valence-corrected chi connectivity index (χ4v) is 2.82. The van der Waals surface area contributed by atoms with Crippen molar-refractivity contribution >= 4 is 11.6 Å². The highest BCUT2D eigenvalue weighted by molar-refractivity contribution is 6.31. The first kappa shape index (κ1) is 13.8. The molecule has 5 heteroatoms. The van der Waals surface area contributed by atoms with E-state index in [1.165, 1.54) is 0 Å². The summed E-state index contributed by atoms with van der Waals surface area (Å²) in [5, 5.41) is 5.28. The lowest BCUT2D eigenvalue weighted by molar-refractivity contribution is 0.154. The summed E-state index contributed by atoms with van der Waals surface area (Å²) in [4.78, 5) is 2.43. The smallest absolute Gasteiger partial charge is 0.0860 e. The molecule has 2 heterocycles. The summed E-state index contributed by atoms with van der Waals surface area (Å²) in [6, 6.07) is 0.342. The largest absolute Gasteiger partial charge is 0.327 e. The lowest BCUT2D eigenvalue weighted by atomic mass is 9.95. The minimum atomic E-state index is 0.342. The van der Waals surface area contributed by atoms with Crippen LogP contribution in [-0.4, -0.2) is 33.8 Å². The van der Waals surface area contributed by atoms with Gasteiger partial charge in [0.05, 0.1) is 16.4 Å². The van der Waals surface area contributed by atoms with Crippen LogP contribution in [0.25, 0.3) is 0 Å². The Morgan fingerprint density at radius 2 is 2.22 bits per heavy atom. The molecule has 2 atom stereocenters. The fourth-order valence-electron chi connectivity index (χ4n) is 2.63. The molecule has 0 bridgehead atoms. The van der Waals surface area contributed by atoms with E-state index in [4.69, 9.17) is 17.3 Å². The van der Waals surface area contributed by atoms with Crippen LogP contribution in [0.4, 0.5) is 0 Å². The van der Waals surface area contributed by atoms with Crippen molar-refractivity contribution in [2.24, 2.45) is 11.7 Å². The first-order chi connectivity index (χ1) is 8.52. The van der Waals surface area contributed by atoms with Gasteiger partial charge in [-0.3, -0.25) is 9.58 Å². The number of hydrogen-bond donors (Lipinski definition) is 1. The predicted molar refractivity (Wildman–Crippen MR) is 74.7 cm³/mol. The van der Waals surface area contributed by atoms with Gasteiger partial charge in [0.2, 0.25) is 0 Å². The van der Waals surface area contributed by atoms with Crippen LogP contribution >= 0.6 is 11.6 Å². The second kappa shape index (κ2) is 5.59. The van der Waals surface area contributed by atoms with Crippen molar-refractivity contribution in [3.8, 4) is 0 Å². The van der Waals surface area contributed by atoms with E-state index in [-0.39, 0.29) is 0 Å². The number of nitrogens with zero attached hydrogens (tertiary/aromatic N) is 3. The molecule has 1 aromatic rings. The van der Waals surface area contributed by atoms with Crippen LogP contribution in [0.2, 0.25) is 5.02 Å². The molecule has 0 aliphatic carbocycles. The van der Waals surface area contributed by atoms with E-state index in [1.807, 2.05) is 11.6 Å². The molecule has 2 N–H and O–H groups in total. The van der Waals surface area contributed by atoms with Crippen molar-refractivity contribution in [1.82, 2.24) is 14.7 Å². The Morgan fingerprint density at radius 1 is 1.50 bits per heavy atom. The normalized spacial score (nSPS) is 25.6. The molecule has 2 unspecified atom stereocenters. The van der Waals surface area contributed by atoms with Gasteiger partial charge < -0.3 is 5.73 Å². The minimum absolute atomic E-state index is 0.342. The van der Waals surface area contributed by atoms with Gasteiger partial charge in [-0.1, -0.05) is 18.5 Å². The van der Waals surface area contributed by atoms with Crippen LogP contribution < -0.4 is 5.73 Å². The monoisotopic (exact) mass is 270 g/mol. The zero-order valence-electron chi connectivity index (χ0n) is 11.5. The summed E-state index contributed by atoms with van der Waals surface area (Å²) < 4.78 is 2.01. The van der Waals surface area contributed by atoms with E-state index in [2.05, 4.69) is 23.8 Å². The fraction of sp³-hybridized carbons (Fsp3) is 0.769. The molecule has 1 fully saturated rings. The molecule has 102 valence electrons. The quantitative estimate of drug-likeness (QED) is 0.914. The number of rotatable bonds is 3. The molecule has 0 aromatic carbocycles. The topological polar surface area (TPSA) is 47.1 Å². The highest BCUT2D eigenvalue weighted by atomic mass is 35.5. The number of hydrogen-bond acceptors (Lipinski definition) is 3. The molecule has 0 amide bonds. The van der Waals surface area contributed by atoms with Crippen LogP contribution in [0.3, 0.4) is 0 Å². The summed E-state index contributed by atoms with van der Waals surface area (Å²) >= 11 is 6.34. The molecule has 18 heavy (non-hydrogen) atoms. The van der Waals surface area contributed by atoms with Crippen LogP contribution in [-0.2, 0) is 13.1 Å². The number of aromatic nitrogens is 2. The molecular weight excluding hydrogens is 248 g/mol. The molecule has 0 radical (unpaired) electrons. The first-order valence-corrected chi connectivity index (χ1v) is 7.10. The summed E-state index contributed by atoms with van der Waals surface area (Å²) in [5.74, 6) is 0.552. The molecular formula is C13H23ClN4. The number of likely N-dealkylation sites (tertiary alicyclic amines) is 1. The van der Waals surface area contributed by atoms with Gasteiger partial charge in [0.25, 0.3) is 0 Å². The summed E-state index contributed by atoms with van der Waals surface area (Å²) in [6.45, 7) is 10.1. The Labute approximate surface area is 114 Å². The molecule has 1 aromatic heterocycles. The zero-order chi connectivity index (χ0) is 13.3. The molecule has 0 spiro atoms. The number of halogens is 1. The zero-order valence-corrected chi connectivity index (χ0v) is 12.2. The minimum Gasteiger partial charge on any atom is -0.327 e. The maximum absolute atomic E-state index is 6.34. The Balaban J connectivity index is 2.10. The van der Waals surface area contributed by atoms with E-state index in [0.717, 1.165) is 49.0 Å². The Kier molecular flexibility index (Phi) is 4.30. The predicted octanol–water partition coefficient (Wildman–Crippen LogP) is 2.03. The molecule has 2 rings (SSSR count). The van der Waals surface area contributed by atoms with Gasteiger partial charge in [-0.15, -0.1) is 0 Å². The number of aryl methyl sites for hydroxylation is 2. The molecule has 0 saturated carbocycles. The van der Waals surface area contributed by atoms with Gasteiger partial charge in [-0.25, -0.2) is 0 Å². The van der Waals surface area contributed by atoms with E-state index >= 15 is 0 Å². The van der Waals surface area contributed by atoms with Crippen molar-refractivity contribution in [3.05, 3.63) is 16.4 Å². The summed E-state index contributed by atoms with van der Waals surface area (Å²) in [6.07, 6.45) is 1.07. The van der Waals surface area contributed by atoms with Gasteiger partial charge in [0.1, 0.15) is 0 Å². The number of nitrogens with two attached hydrogens (primary N) is 1. The third kappa shape index (κ3) is 2.71. The second-order valence-electron chi connectivity index (χ2n) is 5.33. The van der Waals surface area contributed by atoms with Crippen LogP contribution in [0.5, 0.6) is 0 Å². The third-order valence-electron chi connectivity index (χ3n) is 3.88. The van der Waals surface area contributed by atoms with Gasteiger partial charge >= 0.3 is 0 Å². The SMILES string of the molecule is CCn1nc(C)c(Cl)c1CN1CCC(N)C(C)C1. The highest BCUT2D eigenvalue weighted by Crippen LogP contribution is 2.24. The van der Waals surface area contributed by atoms with E-state index < -0.39 is 0 Å². The summed E-state index contributed by atoms with van der Waals surface area (Å²) in [7, 11) is 0. The lowest BCUT2D eigenvalue weighted by Crippen LogP contribution is -2.45. The van der Waals surface area contributed by atoms with Gasteiger partial charge in [-0.2, -0.15) is 5.10 Å². The second-order valence-corrected chi connectivity index (χ2v) is 5.70. The maximum Gasteiger partial charge on any atom is 0.0860 e. The van der Waals surface area contributed by atoms with Crippen molar-refractivity contribution < 1.29 is 0 Å². The van der Waals surface area contributed by atoms with Gasteiger partial charge in [0, 0.05) is 32.2 Å². The van der Waals surface area contributed by atoms with E-state index in [0.29, 0.717) is 12.0 Å². The first-order valence-electron chi connectivity index (χ1n) is 6.72. The Bertz CT molecular complexity index is 415.